The van der Waals surface area contributed by atoms with Crippen LogP contribution in [0.4, 0.5) is 4.79 Å². The second kappa shape index (κ2) is 10.7. The fourth-order valence-electron chi connectivity index (χ4n) is 4.43. The van der Waals surface area contributed by atoms with E-state index in [-0.39, 0.29) is 5.84 Å². The molecule has 2 unspecified atom stereocenters. The molecule has 2 aliphatic carbocycles. The number of amidine groups is 1. The first-order chi connectivity index (χ1) is 17.4. The zero-order valence-corrected chi connectivity index (χ0v) is 20.4. The molecule has 0 aliphatic heterocycles. The SMILES string of the molecule is CN=C(NC(=O)OC(C)C1=CCCC=C1)C(N=N)c1ccc(-c2ccc(C3(C(=O)O)CC3)cc2)cc1. The number of hydrogen-bond acceptors (Lipinski definition) is 6. The van der Waals surface area contributed by atoms with Crippen LogP contribution in [0.25, 0.3) is 11.1 Å². The molecule has 186 valence electrons. The van der Waals surface area contributed by atoms with Crippen molar-refractivity contribution in [3.05, 3.63) is 83.5 Å². The summed E-state index contributed by atoms with van der Waals surface area (Å²) in [5, 5.41) is 15.8. The summed E-state index contributed by atoms with van der Waals surface area (Å²) in [5.41, 5.74) is 11.4. The van der Waals surface area contributed by atoms with E-state index in [2.05, 4.69) is 27.6 Å². The van der Waals surface area contributed by atoms with Crippen LogP contribution in [0.5, 0.6) is 0 Å². The van der Waals surface area contributed by atoms with Crippen molar-refractivity contribution in [3.63, 3.8) is 0 Å². The predicted octanol–water partition coefficient (Wildman–Crippen LogP) is 5.96. The number of benzene rings is 2. The largest absolute Gasteiger partial charge is 0.481 e. The molecule has 2 aliphatic rings. The summed E-state index contributed by atoms with van der Waals surface area (Å²) in [5.74, 6) is -0.552. The lowest BCUT2D eigenvalue weighted by Crippen LogP contribution is -2.36. The molecule has 0 saturated heterocycles. The van der Waals surface area contributed by atoms with Crippen molar-refractivity contribution in [1.82, 2.24) is 5.32 Å². The zero-order chi connectivity index (χ0) is 25.7. The molecule has 8 nitrogen and oxygen atoms in total. The molecule has 0 radical (unpaired) electrons. The Morgan fingerprint density at radius 2 is 1.69 bits per heavy atom. The summed E-state index contributed by atoms with van der Waals surface area (Å²) < 4.78 is 5.49. The third kappa shape index (κ3) is 5.27. The standard InChI is InChI=1S/C28H30N4O4/c1-18(19-6-4-3-5-7-19)36-27(35)31-25(30-2)24(32-29)22-10-8-20(9-11-22)21-12-14-23(15-13-21)28(16-17-28)26(33)34/h4,6-15,18,24,29H,3,5,16-17H2,1-2H3,(H,33,34)(H,30,31,35). The van der Waals surface area contributed by atoms with Gasteiger partial charge in [-0.1, -0.05) is 66.8 Å². The predicted molar refractivity (Wildman–Crippen MR) is 137 cm³/mol. The summed E-state index contributed by atoms with van der Waals surface area (Å²) in [6.07, 6.45) is 8.27. The number of rotatable bonds is 8. The van der Waals surface area contributed by atoms with Crippen molar-refractivity contribution in [1.29, 1.82) is 5.53 Å². The molecule has 2 aromatic rings. The van der Waals surface area contributed by atoms with Crippen LogP contribution in [0, 0.1) is 5.53 Å². The molecule has 2 aromatic carbocycles. The first kappa shape index (κ1) is 25.0. The van der Waals surface area contributed by atoms with E-state index < -0.39 is 29.6 Å². The number of ether oxygens (including phenoxy) is 1. The number of aliphatic imine (C=N–C) groups is 1. The molecule has 36 heavy (non-hydrogen) atoms. The van der Waals surface area contributed by atoms with Crippen molar-refractivity contribution in [2.24, 2.45) is 10.1 Å². The maximum absolute atomic E-state index is 12.5. The fraction of sp³-hybridized carbons (Fsp3) is 0.321. The lowest BCUT2D eigenvalue weighted by atomic mass is 9.93. The lowest BCUT2D eigenvalue weighted by molar-refractivity contribution is -0.140. The van der Waals surface area contributed by atoms with Crippen LogP contribution < -0.4 is 5.32 Å². The van der Waals surface area contributed by atoms with Gasteiger partial charge in [0.05, 0.1) is 5.41 Å². The number of amides is 1. The molecule has 1 saturated carbocycles. The fourth-order valence-corrected chi connectivity index (χ4v) is 4.43. The quantitative estimate of drug-likeness (QED) is 0.242. The number of carbonyl (C=O) groups excluding carboxylic acids is 1. The lowest BCUT2D eigenvalue weighted by Gasteiger charge is -2.19. The van der Waals surface area contributed by atoms with Crippen LogP contribution >= 0.6 is 0 Å². The Morgan fingerprint density at radius 1 is 1.06 bits per heavy atom. The van der Waals surface area contributed by atoms with E-state index in [0.29, 0.717) is 18.4 Å². The molecular weight excluding hydrogens is 456 g/mol. The number of carboxylic acid groups (broad SMARTS) is 1. The molecule has 3 N–H and O–H groups in total. The minimum Gasteiger partial charge on any atom is -0.481 e. The minimum atomic E-state index is -0.784. The van der Waals surface area contributed by atoms with Crippen molar-refractivity contribution in [3.8, 4) is 11.1 Å². The highest BCUT2D eigenvalue weighted by Crippen LogP contribution is 2.48. The Kier molecular flexibility index (Phi) is 7.43. The average Bonchev–Trinajstić information content (AvgIpc) is 3.72. The third-order valence-corrected chi connectivity index (χ3v) is 6.79. The molecule has 8 heteroatoms. The van der Waals surface area contributed by atoms with Crippen molar-refractivity contribution in [2.45, 2.75) is 50.2 Å². The number of hydrogen-bond donors (Lipinski definition) is 3. The van der Waals surface area contributed by atoms with Crippen LogP contribution in [0.3, 0.4) is 0 Å². The van der Waals surface area contributed by atoms with Gasteiger partial charge in [0.15, 0.2) is 6.04 Å². The molecule has 0 aromatic heterocycles. The van der Waals surface area contributed by atoms with Crippen LogP contribution in [0.1, 0.15) is 49.8 Å². The van der Waals surface area contributed by atoms with Gasteiger partial charge in [0.25, 0.3) is 0 Å². The second-order valence-corrected chi connectivity index (χ2v) is 9.08. The van der Waals surface area contributed by atoms with Gasteiger partial charge >= 0.3 is 12.1 Å². The Labute approximate surface area is 210 Å². The van der Waals surface area contributed by atoms with Gasteiger partial charge in [0.2, 0.25) is 0 Å². The van der Waals surface area contributed by atoms with Crippen LogP contribution in [-0.4, -0.2) is 36.2 Å². The van der Waals surface area contributed by atoms with Crippen molar-refractivity contribution < 1.29 is 19.4 Å². The van der Waals surface area contributed by atoms with Crippen LogP contribution in [-0.2, 0) is 14.9 Å². The second-order valence-electron chi connectivity index (χ2n) is 9.08. The topological polar surface area (TPSA) is 124 Å². The summed E-state index contributed by atoms with van der Waals surface area (Å²) in [6.45, 7) is 1.81. The number of carbonyl (C=O) groups is 2. The van der Waals surface area contributed by atoms with E-state index >= 15 is 0 Å². The van der Waals surface area contributed by atoms with E-state index in [1.54, 1.807) is 0 Å². The number of alkyl carbamates (subject to hydrolysis) is 1. The smallest absolute Gasteiger partial charge is 0.413 e. The first-order valence-electron chi connectivity index (χ1n) is 12.0. The molecular formula is C28H30N4O4. The molecule has 4 rings (SSSR count). The molecule has 2 atom stereocenters. The highest BCUT2D eigenvalue weighted by molar-refractivity contribution is 5.99. The maximum atomic E-state index is 12.5. The minimum absolute atomic E-state index is 0.218. The monoisotopic (exact) mass is 486 g/mol. The zero-order valence-electron chi connectivity index (χ0n) is 20.4. The Balaban J connectivity index is 1.42. The van der Waals surface area contributed by atoms with Gasteiger partial charge in [-0.25, -0.2) is 10.3 Å². The van der Waals surface area contributed by atoms with E-state index in [4.69, 9.17) is 10.3 Å². The van der Waals surface area contributed by atoms with E-state index in [1.807, 2.05) is 61.5 Å². The summed E-state index contributed by atoms with van der Waals surface area (Å²) in [4.78, 5) is 28.2. The molecule has 1 fully saturated rings. The average molecular weight is 487 g/mol. The van der Waals surface area contributed by atoms with Crippen molar-refractivity contribution >= 4 is 17.9 Å². The Morgan fingerprint density at radius 3 is 2.19 bits per heavy atom. The van der Waals surface area contributed by atoms with Gasteiger partial charge in [-0.15, -0.1) is 0 Å². The van der Waals surface area contributed by atoms with Gasteiger partial charge in [-0.2, -0.15) is 5.11 Å². The number of nitrogens with one attached hydrogen (secondary N) is 2. The highest BCUT2D eigenvalue weighted by atomic mass is 16.6. The summed E-state index contributed by atoms with van der Waals surface area (Å²) in [6, 6.07) is 14.3. The molecule has 1 amide bonds. The van der Waals surface area contributed by atoms with Crippen LogP contribution in [0.2, 0.25) is 0 Å². The van der Waals surface area contributed by atoms with Gasteiger partial charge < -0.3 is 9.84 Å². The van der Waals surface area contributed by atoms with Gasteiger partial charge in [0, 0.05) is 7.05 Å². The highest BCUT2D eigenvalue weighted by Gasteiger charge is 2.51. The van der Waals surface area contributed by atoms with E-state index in [0.717, 1.165) is 35.1 Å². The van der Waals surface area contributed by atoms with Gasteiger partial charge in [0.1, 0.15) is 11.9 Å². The number of allylic oxidation sites excluding steroid dienone is 2. The number of carboxylic acids is 1. The maximum Gasteiger partial charge on any atom is 0.413 e. The number of aliphatic carboxylic acids is 1. The summed E-state index contributed by atoms with van der Waals surface area (Å²) >= 11 is 0. The molecule has 0 spiro atoms. The Bertz CT molecular complexity index is 1230. The van der Waals surface area contributed by atoms with E-state index in [9.17, 15) is 14.7 Å². The normalized spacial score (nSPS) is 17.9. The van der Waals surface area contributed by atoms with Crippen molar-refractivity contribution in [2.75, 3.05) is 7.05 Å². The van der Waals surface area contributed by atoms with Crippen LogP contribution in [0.15, 0.2) is 82.4 Å². The molecule has 0 bridgehead atoms. The van der Waals surface area contributed by atoms with E-state index in [1.165, 1.54) is 7.05 Å². The van der Waals surface area contributed by atoms with Gasteiger partial charge in [-0.3, -0.25) is 15.1 Å². The summed E-state index contributed by atoms with van der Waals surface area (Å²) in [7, 11) is 1.53. The number of nitrogens with zero attached hydrogens (tertiary/aromatic N) is 2. The first-order valence-corrected chi connectivity index (χ1v) is 12.0. The van der Waals surface area contributed by atoms with Gasteiger partial charge in [-0.05, 0) is 60.4 Å². The third-order valence-electron chi connectivity index (χ3n) is 6.79. The Hall–Kier alpha value is -4.07. The molecule has 0 heterocycles.